The average molecular weight is 481 g/mol. The minimum atomic E-state index is -0.661. The number of halogens is 1. The van der Waals surface area contributed by atoms with Crippen LogP contribution in [0.1, 0.15) is 26.3 Å². The Bertz CT molecular complexity index is 910. The third-order valence-electron chi connectivity index (χ3n) is 5.96. The van der Waals surface area contributed by atoms with Gasteiger partial charge < -0.3 is 19.9 Å². The zero-order valence-electron chi connectivity index (χ0n) is 18.4. The fraction of sp³-hybridized carbons (Fsp3) is 0.545. The molecule has 32 heavy (non-hydrogen) atoms. The smallest absolute Gasteiger partial charge is 0.330 e. The third kappa shape index (κ3) is 4.73. The summed E-state index contributed by atoms with van der Waals surface area (Å²) >= 11 is 1.53. The number of carbonyl (C=O) groups is 3. The summed E-state index contributed by atoms with van der Waals surface area (Å²) in [5, 5.41) is 2.59. The highest BCUT2D eigenvalue weighted by Gasteiger charge is 2.64. The lowest BCUT2D eigenvalue weighted by atomic mass is 9.96. The molecule has 1 aromatic carbocycles. The number of amides is 2. The van der Waals surface area contributed by atoms with Gasteiger partial charge >= 0.3 is 5.97 Å². The lowest BCUT2D eigenvalue weighted by Gasteiger charge is -2.44. The molecule has 10 heteroatoms. The van der Waals surface area contributed by atoms with E-state index in [1.807, 2.05) is 51.1 Å². The second-order valence-electron chi connectivity index (χ2n) is 8.55. The van der Waals surface area contributed by atoms with Gasteiger partial charge in [-0.15, -0.1) is 24.2 Å². The van der Waals surface area contributed by atoms with Gasteiger partial charge in [0.15, 0.2) is 0 Å². The number of aliphatic imine (C=N–C) groups is 1. The number of thioether (sulfide) groups is 1. The number of ether oxygens (including phenoxy) is 1. The molecule has 8 nitrogen and oxygen atoms in total. The van der Waals surface area contributed by atoms with Crippen LogP contribution in [-0.2, 0) is 25.5 Å². The summed E-state index contributed by atoms with van der Waals surface area (Å²) in [5.74, 6) is 0.140. The van der Waals surface area contributed by atoms with Crippen LogP contribution in [0, 0.1) is 0 Å². The van der Waals surface area contributed by atoms with Crippen LogP contribution >= 0.6 is 24.2 Å². The Hall–Kier alpha value is -2.26. The number of β-lactam (4-membered cyclic amide) rings is 1. The minimum absolute atomic E-state index is 0. The number of esters is 1. The predicted molar refractivity (Wildman–Crippen MR) is 126 cm³/mol. The van der Waals surface area contributed by atoms with Gasteiger partial charge in [-0.25, -0.2) is 4.79 Å². The van der Waals surface area contributed by atoms with E-state index in [1.165, 1.54) is 11.8 Å². The van der Waals surface area contributed by atoms with Crippen molar-refractivity contribution in [2.75, 3.05) is 26.2 Å². The van der Waals surface area contributed by atoms with Crippen molar-refractivity contribution in [3.8, 4) is 0 Å². The van der Waals surface area contributed by atoms with E-state index >= 15 is 0 Å². The Kier molecular flexibility index (Phi) is 7.39. The summed E-state index contributed by atoms with van der Waals surface area (Å²) in [4.78, 5) is 46.1. The Morgan fingerprint density at radius 2 is 2.00 bits per heavy atom. The monoisotopic (exact) mass is 480 g/mol. The first-order valence-electron chi connectivity index (χ1n) is 10.5. The first-order valence-corrected chi connectivity index (χ1v) is 11.4. The van der Waals surface area contributed by atoms with Gasteiger partial charge in [-0.3, -0.25) is 14.6 Å². The number of hydrogen-bond acceptors (Lipinski definition) is 7. The van der Waals surface area contributed by atoms with E-state index < -0.39 is 22.8 Å². The molecule has 2 saturated heterocycles. The van der Waals surface area contributed by atoms with Crippen LogP contribution in [0.4, 0.5) is 0 Å². The summed E-state index contributed by atoms with van der Waals surface area (Å²) in [7, 11) is 0. The van der Waals surface area contributed by atoms with E-state index in [0.717, 1.165) is 24.5 Å². The molecule has 0 bridgehead atoms. The first kappa shape index (κ1) is 24.4. The Morgan fingerprint density at radius 1 is 1.28 bits per heavy atom. The Balaban J connectivity index is 0.00000289. The molecule has 4 rings (SSSR count). The standard InChI is InChI=1S/C22H28N4O4S.ClH/c1-14-23-9-10-25(14)11-12-30-21(29)18-22(2,3)31-20-17(19(28)26(18)20)24-16(27)13-15-7-5-4-6-8-15;/h4-8,17-18,20H,9-13H2,1-3H3,(H,24,27);1H/t17-,18+,20-;/m1./s1. The van der Waals surface area contributed by atoms with Crippen LogP contribution in [0.2, 0.25) is 0 Å². The maximum atomic E-state index is 12.9. The molecule has 3 aliphatic heterocycles. The second-order valence-corrected chi connectivity index (χ2v) is 10.3. The van der Waals surface area contributed by atoms with Crippen molar-refractivity contribution >= 4 is 47.8 Å². The van der Waals surface area contributed by atoms with Crippen molar-refractivity contribution in [1.29, 1.82) is 0 Å². The van der Waals surface area contributed by atoms with Crippen LogP contribution in [-0.4, -0.2) is 81.9 Å². The SMILES string of the molecule is CC1=NCCN1CCOC(=O)[C@@H]1N2C(=O)[C@@H](NC(=O)Cc3ccccc3)[C@H]2SC1(C)C.Cl. The van der Waals surface area contributed by atoms with Crippen LogP contribution in [0.25, 0.3) is 0 Å². The van der Waals surface area contributed by atoms with Crippen molar-refractivity contribution in [1.82, 2.24) is 15.1 Å². The zero-order valence-corrected chi connectivity index (χ0v) is 20.1. The van der Waals surface area contributed by atoms with E-state index in [2.05, 4.69) is 15.2 Å². The molecule has 2 amide bonds. The summed E-state index contributed by atoms with van der Waals surface area (Å²) in [6.45, 7) is 8.29. The van der Waals surface area contributed by atoms with Crippen LogP contribution in [0.15, 0.2) is 35.3 Å². The number of nitrogens with zero attached hydrogens (tertiary/aromatic N) is 3. The molecule has 1 N–H and O–H groups in total. The van der Waals surface area contributed by atoms with Gasteiger partial charge in [-0.2, -0.15) is 0 Å². The van der Waals surface area contributed by atoms with Gasteiger partial charge in [0.2, 0.25) is 11.8 Å². The summed E-state index contributed by atoms with van der Waals surface area (Å²) < 4.78 is 5.04. The van der Waals surface area contributed by atoms with Gasteiger partial charge in [0.25, 0.3) is 0 Å². The normalized spacial score (nSPS) is 25.4. The molecule has 3 heterocycles. The summed E-state index contributed by atoms with van der Waals surface area (Å²) in [6, 6.07) is 8.13. The predicted octanol–water partition coefficient (Wildman–Crippen LogP) is 1.48. The average Bonchev–Trinajstić information content (AvgIpc) is 3.25. The van der Waals surface area contributed by atoms with Gasteiger partial charge in [0, 0.05) is 11.3 Å². The molecule has 0 aromatic heterocycles. The second kappa shape index (κ2) is 9.70. The molecule has 0 aliphatic carbocycles. The van der Waals surface area contributed by atoms with E-state index in [1.54, 1.807) is 4.90 Å². The maximum absolute atomic E-state index is 12.9. The van der Waals surface area contributed by atoms with E-state index in [9.17, 15) is 14.4 Å². The fourth-order valence-electron chi connectivity index (χ4n) is 4.34. The van der Waals surface area contributed by atoms with Crippen LogP contribution in [0.5, 0.6) is 0 Å². The topological polar surface area (TPSA) is 91.3 Å². The fourth-order valence-corrected chi connectivity index (χ4v) is 5.96. The highest BCUT2D eigenvalue weighted by atomic mass is 35.5. The number of carbonyl (C=O) groups excluding carboxylic acids is 3. The van der Waals surface area contributed by atoms with E-state index in [-0.39, 0.29) is 42.6 Å². The Labute approximate surface area is 198 Å². The largest absolute Gasteiger partial charge is 0.462 e. The maximum Gasteiger partial charge on any atom is 0.330 e. The molecule has 1 aromatic rings. The number of amidine groups is 1. The summed E-state index contributed by atoms with van der Waals surface area (Å²) in [6.07, 6.45) is 0.218. The third-order valence-corrected chi connectivity index (χ3v) is 7.53. The van der Waals surface area contributed by atoms with Crippen molar-refractivity contribution in [3.63, 3.8) is 0 Å². The lowest BCUT2D eigenvalue weighted by molar-refractivity contribution is -0.164. The quantitative estimate of drug-likeness (QED) is 0.469. The van der Waals surface area contributed by atoms with Crippen molar-refractivity contribution < 1.29 is 19.1 Å². The molecule has 0 saturated carbocycles. The highest BCUT2D eigenvalue weighted by molar-refractivity contribution is 8.01. The van der Waals surface area contributed by atoms with Crippen molar-refractivity contribution in [3.05, 3.63) is 35.9 Å². The molecular weight excluding hydrogens is 452 g/mol. The van der Waals surface area contributed by atoms with E-state index in [0.29, 0.717) is 6.54 Å². The lowest BCUT2D eigenvalue weighted by Crippen LogP contribution is -2.70. The zero-order chi connectivity index (χ0) is 22.2. The number of fused-ring (bicyclic) bond motifs is 1. The van der Waals surface area contributed by atoms with Crippen LogP contribution in [0.3, 0.4) is 0 Å². The molecular formula is C22H29ClN4O4S. The molecule has 0 radical (unpaired) electrons. The van der Waals surface area contributed by atoms with Crippen molar-refractivity contribution in [2.24, 2.45) is 4.99 Å². The number of nitrogens with one attached hydrogen (secondary N) is 1. The van der Waals surface area contributed by atoms with Gasteiger partial charge in [-0.05, 0) is 26.3 Å². The van der Waals surface area contributed by atoms with E-state index in [4.69, 9.17) is 4.74 Å². The summed E-state index contributed by atoms with van der Waals surface area (Å²) in [5.41, 5.74) is 0.891. The number of hydrogen-bond donors (Lipinski definition) is 1. The minimum Gasteiger partial charge on any atom is -0.462 e. The number of benzene rings is 1. The molecule has 3 atom stereocenters. The van der Waals surface area contributed by atoms with Crippen molar-refractivity contribution in [2.45, 2.75) is 49.4 Å². The molecule has 0 spiro atoms. The Morgan fingerprint density at radius 3 is 2.66 bits per heavy atom. The van der Waals surface area contributed by atoms with Crippen LogP contribution < -0.4 is 5.32 Å². The van der Waals surface area contributed by atoms with Gasteiger partial charge in [-0.1, -0.05) is 30.3 Å². The van der Waals surface area contributed by atoms with Gasteiger partial charge in [0.1, 0.15) is 24.1 Å². The first-order chi connectivity index (χ1) is 14.8. The molecule has 3 aliphatic rings. The number of rotatable bonds is 7. The molecule has 2 fully saturated rings. The molecule has 0 unspecified atom stereocenters. The van der Waals surface area contributed by atoms with Gasteiger partial charge in [0.05, 0.1) is 25.3 Å². The molecule has 174 valence electrons. The highest BCUT2D eigenvalue weighted by Crippen LogP contribution is 2.51.